The molecule has 2 aromatic carbocycles. The molecule has 1 heterocycles. The number of rotatable bonds is 20. The zero-order valence-electron chi connectivity index (χ0n) is 29.5. The number of sulfonamides is 1. The molecule has 284 valence electrons. The summed E-state index contributed by atoms with van der Waals surface area (Å²) < 4.78 is 41.1. The summed E-state index contributed by atoms with van der Waals surface area (Å²) in [6.07, 6.45) is 1.76. The monoisotopic (exact) mass is 742 g/mol. The molecule has 0 aliphatic heterocycles. The van der Waals surface area contributed by atoms with Gasteiger partial charge in [0.2, 0.25) is 10.0 Å². The summed E-state index contributed by atoms with van der Waals surface area (Å²) in [7, 11) is -2.31. The van der Waals surface area contributed by atoms with E-state index in [4.69, 9.17) is 14.6 Å². The first kappa shape index (κ1) is 39.5. The maximum absolute atomic E-state index is 13.5. The fourth-order valence-corrected chi connectivity index (χ4v) is 7.10. The van der Waals surface area contributed by atoms with Gasteiger partial charge in [0.15, 0.2) is 0 Å². The predicted octanol–water partition coefficient (Wildman–Crippen LogP) is 1.94. The van der Waals surface area contributed by atoms with E-state index in [1.165, 1.54) is 11.4 Å². The Morgan fingerprint density at radius 3 is 2.44 bits per heavy atom. The fraction of sp³-hybridized carbons (Fsp3) is 0.514. The number of hydrogen-bond donors (Lipinski definition) is 7. The van der Waals surface area contributed by atoms with Gasteiger partial charge < -0.3 is 45.6 Å². The number of carbonyl (C=O) groups excluding carboxylic acids is 1. The number of amides is 2. The Balaban J connectivity index is 1.12. The minimum atomic E-state index is -3.82. The van der Waals surface area contributed by atoms with Crippen LogP contribution in [0.25, 0.3) is 11.1 Å². The highest BCUT2D eigenvalue weighted by atomic mass is 32.2. The number of carbonyl (C=O) groups is 1. The highest BCUT2D eigenvalue weighted by Crippen LogP contribution is 2.53. The molecule has 0 spiro atoms. The Morgan fingerprint density at radius 2 is 1.73 bits per heavy atom. The van der Waals surface area contributed by atoms with Crippen molar-refractivity contribution < 1.29 is 48.2 Å². The van der Waals surface area contributed by atoms with Crippen LogP contribution >= 0.6 is 0 Å². The molecule has 52 heavy (non-hydrogen) atoms. The number of aryl methyl sites for hydroxylation is 1. The van der Waals surface area contributed by atoms with Crippen LogP contribution in [-0.2, 0) is 27.0 Å². The van der Waals surface area contributed by atoms with Gasteiger partial charge in [-0.15, -0.1) is 0 Å². The van der Waals surface area contributed by atoms with Crippen LogP contribution in [0.2, 0.25) is 0 Å². The molecular weight excluding hydrogens is 692 g/mol. The lowest BCUT2D eigenvalue weighted by Crippen LogP contribution is -2.50. The molecule has 4 atom stereocenters. The van der Waals surface area contributed by atoms with Crippen LogP contribution in [0, 0.1) is 6.92 Å². The number of aromatic nitrogens is 1. The third kappa shape index (κ3) is 9.85. The Hall–Kier alpha value is -3.67. The zero-order chi connectivity index (χ0) is 37.5. The minimum absolute atomic E-state index is 0.159. The number of urea groups is 1. The minimum Gasteiger partial charge on any atom is -0.490 e. The first-order chi connectivity index (χ1) is 24.9. The molecule has 2 saturated carbocycles. The number of nitrogens with zero attached hydrogens (tertiary/aromatic N) is 2. The normalized spacial score (nSPS) is 17.6. The molecule has 15 heteroatoms. The van der Waals surface area contributed by atoms with Crippen LogP contribution in [0.4, 0.5) is 4.79 Å². The van der Waals surface area contributed by atoms with Crippen LogP contribution in [0.3, 0.4) is 0 Å². The molecule has 2 amide bonds. The fourth-order valence-electron chi connectivity index (χ4n) is 5.84. The number of hydrogen-bond acceptors (Lipinski definition) is 11. The van der Waals surface area contributed by atoms with E-state index >= 15 is 0 Å². The van der Waals surface area contributed by atoms with E-state index in [-0.39, 0.29) is 30.7 Å². The van der Waals surface area contributed by atoms with Crippen LogP contribution < -0.4 is 15.4 Å². The molecular formula is C37H50N4O10S. The van der Waals surface area contributed by atoms with E-state index in [2.05, 4.69) is 21.7 Å². The molecule has 0 saturated heterocycles. The van der Waals surface area contributed by atoms with Crippen molar-refractivity contribution in [1.82, 2.24) is 19.9 Å². The topological polar surface area (TPSA) is 211 Å². The molecule has 0 bridgehead atoms. The first-order valence-electron chi connectivity index (χ1n) is 17.6. The summed E-state index contributed by atoms with van der Waals surface area (Å²) in [4.78, 5) is 16.7. The van der Waals surface area contributed by atoms with Gasteiger partial charge in [-0.25, -0.2) is 17.5 Å². The summed E-state index contributed by atoms with van der Waals surface area (Å²) in [5, 5.41) is 52.6. The van der Waals surface area contributed by atoms with Gasteiger partial charge in [0.1, 0.15) is 24.1 Å². The molecule has 2 fully saturated rings. The van der Waals surface area contributed by atoms with E-state index in [1.807, 2.05) is 37.4 Å². The van der Waals surface area contributed by atoms with E-state index in [1.54, 1.807) is 24.4 Å². The lowest BCUT2D eigenvalue weighted by Gasteiger charge is -2.25. The molecule has 14 nitrogen and oxygen atoms in total. The van der Waals surface area contributed by atoms with Crippen LogP contribution in [0.1, 0.15) is 55.2 Å². The smallest absolute Gasteiger partial charge is 0.314 e. The van der Waals surface area contributed by atoms with Gasteiger partial charge in [0, 0.05) is 50.2 Å². The number of benzene rings is 2. The molecule has 3 aromatic rings. The Bertz CT molecular complexity index is 1770. The van der Waals surface area contributed by atoms with Gasteiger partial charge in [-0.3, -0.25) is 4.98 Å². The number of nitrogens with one attached hydrogen (secondary N) is 2. The molecule has 7 N–H and O–H groups in total. The average Bonchev–Trinajstić information content (AvgIpc) is 4.10. The van der Waals surface area contributed by atoms with Crippen molar-refractivity contribution >= 4 is 16.1 Å². The number of ether oxygens (including phenoxy) is 2. The third-order valence-electron chi connectivity index (χ3n) is 9.53. The molecule has 2 aliphatic carbocycles. The number of pyridine rings is 1. The number of aliphatic hydroxyl groups is 5. The maximum atomic E-state index is 13.5. The largest absolute Gasteiger partial charge is 0.490 e. The lowest BCUT2D eigenvalue weighted by molar-refractivity contribution is -0.113. The van der Waals surface area contributed by atoms with E-state index in [0.29, 0.717) is 12.8 Å². The summed E-state index contributed by atoms with van der Waals surface area (Å²) in [5.74, 6) is 0.845. The SMILES string of the molecule is Cc1ccc(S(=O)(=O)N(C)CCCCNC(=O)NC[C@H](O)[C@@H](O)[C@H](O)[C@H](O)CO)cc1COC1(c2cnccc2-c2ccccc2OC2CC2)CC1. The summed E-state index contributed by atoms with van der Waals surface area (Å²) in [6.45, 7) is 1.36. The van der Waals surface area contributed by atoms with Gasteiger partial charge in [-0.2, -0.15) is 0 Å². The highest BCUT2D eigenvalue weighted by Gasteiger charge is 2.48. The van der Waals surface area contributed by atoms with Gasteiger partial charge >= 0.3 is 6.03 Å². The van der Waals surface area contributed by atoms with E-state index in [9.17, 15) is 33.6 Å². The number of unbranched alkanes of at least 4 members (excludes halogenated alkanes) is 1. The Morgan fingerprint density at radius 1 is 1.00 bits per heavy atom. The van der Waals surface area contributed by atoms with Crippen LogP contribution in [-0.4, -0.2) is 113 Å². The molecule has 2 aliphatic rings. The van der Waals surface area contributed by atoms with Crippen LogP contribution in [0.5, 0.6) is 5.75 Å². The molecule has 0 unspecified atom stereocenters. The van der Waals surface area contributed by atoms with Crippen molar-refractivity contribution in [3.8, 4) is 16.9 Å². The van der Waals surface area contributed by atoms with Crippen molar-refractivity contribution in [3.63, 3.8) is 0 Å². The average molecular weight is 743 g/mol. The quantitative estimate of drug-likeness (QED) is 0.0832. The summed E-state index contributed by atoms with van der Waals surface area (Å²) >= 11 is 0. The van der Waals surface area contributed by atoms with Gasteiger partial charge in [-0.1, -0.05) is 24.3 Å². The van der Waals surface area contributed by atoms with Crippen molar-refractivity contribution in [2.45, 2.75) is 93.1 Å². The van der Waals surface area contributed by atoms with Gasteiger partial charge in [0.05, 0.1) is 35.9 Å². The zero-order valence-corrected chi connectivity index (χ0v) is 30.3. The Labute approximate surface area is 304 Å². The predicted molar refractivity (Wildman–Crippen MR) is 192 cm³/mol. The van der Waals surface area contributed by atoms with Crippen molar-refractivity contribution in [1.29, 1.82) is 0 Å². The lowest BCUT2D eigenvalue weighted by atomic mass is 9.96. The van der Waals surface area contributed by atoms with Crippen LogP contribution in [0.15, 0.2) is 65.8 Å². The highest BCUT2D eigenvalue weighted by molar-refractivity contribution is 7.89. The third-order valence-corrected chi connectivity index (χ3v) is 11.4. The van der Waals surface area contributed by atoms with Crippen molar-refractivity contribution in [2.24, 2.45) is 0 Å². The van der Waals surface area contributed by atoms with Crippen molar-refractivity contribution in [2.75, 3.05) is 33.3 Å². The first-order valence-corrected chi connectivity index (χ1v) is 19.1. The molecule has 5 rings (SSSR count). The Kier molecular flexibility index (Phi) is 13.3. The van der Waals surface area contributed by atoms with E-state index < -0.39 is 59.2 Å². The standard InChI is InChI=1S/C37H50N4O10S/c1-24-9-12-27(52(48,49)41(2)18-6-5-16-39-36(47)40-21-31(43)34(45)35(46)32(44)22-42)19-25(24)23-50-37(14-15-37)30-20-38-17-13-28(30)29-7-3-4-8-33(29)51-26-10-11-26/h3-4,7-9,12-13,17,19-20,26,31-32,34-35,42-46H,5-6,10-11,14-16,18,21-23H2,1-2H3,(H2,39,40,47)/t31-,32+,34+,35+/m0/s1. The number of para-hydroxylation sites is 1. The molecule has 1 aromatic heterocycles. The van der Waals surface area contributed by atoms with Crippen molar-refractivity contribution in [3.05, 3.63) is 77.6 Å². The second-order valence-electron chi connectivity index (χ2n) is 13.6. The van der Waals surface area contributed by atoms with Gasteiger partial charge in [0.25, 0.3) is 0 Å². The van der Waals surface area contributed by atoms with E-state index in [0.717, 1.165) is 59.3 Å². The summed E-state index contributed by atoms with van der Waals surface area (Å²) in [5.41, 5.74) is 4.15. The number of aliphatic hydroxyl groups excluding tert-OH is 5. The van der Waals surface area contributed by atoms with Gasteiger partial charge in [-0.05, 0) is 86.4 Å². The maximum Gasteiger partial charge on any atom is 0.314 e. The molecule has 0 radical (unpaired) electrons. The summed E-state index contributed by atoms with van der Waals surface area (Å²) in [6, 6.07) is 14.4. The second kappa shape index (κ2) is 17.4. The second-order valence-corrected chi connectivity index (χ2v) is 15.6.